The van der Waals surface area contributed by atoms with Crippen molar-refractivity contribution in [1.29, 1.82) is 0 Å². The monoisotopic (exact) mass is 402 g/mol. The molecule has 2 aromatic rings. The Labute approximate surface area is 171 Å². The fraction of sp³-hybridized carbons (Fsp3) is 0.333. The Morgan fingerprint density at radius 2 is 1.86 bits per heavy atom. The molecule has 0 radical (unpaired) electrons. The second kappa shape index (κ2) is 11.9. The third-order valence-corrected chi connectivity index (χ3v) is 4.21. The van der Waals surface area contributed by atoms with Crippen LogP contribution in [0.5, 0.6) is 5.75 Å². The smallest absolute Gasteiger partial charge is 0.251 e. The van der Waals surface area contributed by atoms with E-state index in [9.17, 15) is 9.90 Å². The first-order chi connectivity index (χ1) is 13.6. The average Bonchev–Trinajstić information content (AvgIpc) is 2.69. The number of guanidine groups is 1. The van der Waals surface area contributed by atoms with E-state index in [4.69, 9.17) is 11.6 Å². The van der Waals surface area contributed by atoms with E-state index in [0.29, 0.717) is 18.7 Å². The van der Waals surface area contributed by atoms with Crippen molar-refractivity contribution < 1.29 is 9.90 Å². The summed E-state index contributed by atoms with van der Waals surface area (Å²) in [6.45, 7) is 4.67. The average molecular weight is 403 g/mol. The molecule has 0 fully saturated rings. The predicted molar refractivity (Wildman–Crippen MR) is 114 cm³/mol. The largest absolute Gasteiger partial charge is 0.508 e. The summed E-state index contributed by atoms with van der Waals surface area (Å²) in [5.41, 5.74) is 1.66. The molecular weight excluding hydrogens is 376 g/mol. The lowest BCUT2D eigenvalue weighted by Gasteiger charge is -2.11. The van der Waals surface area contributed by atoms with Gasteiger partial charge in [-0.05, 0) is 55.7 Å². The van der Waals surface area contributed by atoms with Crippen molar-refractivity contribution in [2.24, 2.45) is 4.99 Å². The molecule has 1 amide bonds. The van der Waals surface area contributed by atoms with Crippen LogP contribution in [0, 0.1) is 0 Å². The topological polar surface area (TPSA) is 85.8 Å². The number of carbonyl (C=O) groups excluding carboxylic acids is 1. The molecule has 6 nitrogen and oxygen atoms in total. The molecule has 0 saturated carbocycles. The fourth-order valence-electron chi connectivity index (χ4n) is 2.54. The summed E-state index contributed by atoms with van der Waals surface area (Å²) in [4.78, 5) is 16.5. The summed E-state index contributed by atoms with van der Waals surface area (Å²) in [6, 6.07) is 14.1. The van der Waals surface area contributed by atoms with Crippen molar-refractivity contribution in [2.75, 3.05) is 26.2 Å². The first-order valence-electron chi connectivity index (χ1n) is 9.42. The van der Waals surface area contributed by atoms with Crippen molar-refractivity contribution in [1.82, 2.24) is 16.0 Å². The van der Waals surface area contributed by atoms with E-state index in [2.05, 4.69) is 20.9 Å². The number of rotatable bonds is 9. The number of phenols is 1. The summed E-state index contributed by atoms with van der Waals surface area (Å²) in [5, 5.41) is 19.5. The Morgan fingerprint density at radius 1 is 1.07 bits per heavy atom. The van der Waals surface area contributed by atoms with Crippen LogP contribution >= 0.6 is 11.6 Å². The summed E-state index contributed by atoms with van der Waals surface area (Å²) in [5.74, 6) is 0.640. The maximum atomic E-state index is 12.0. The molecule has 28 heavy (non-hydrogen) atoms. The Morgan fingerprint density at radius 3 is 2.57 bits per heavy atom. The number of benzene rings is 2. The standard InChI is InChI=1S/C21H27ClN4O2/c1-2-23-21(26-14-11-16-7-9-18(22)10-8-16)25-13-4-12-24-20(28)17-5-3-6-19(27)15-17/h3,5-10,15,27H,2,4,11-14H2,1H3,(H,24,28)(H2,23,25,26). The molecule has 0 aromatic heterocycles. The zero-order valence-corrected chi connectivity index (χ0v) is 16.8. The van der Waals surface area contributed by atoms with E-state index in [1.165, 1.54) is 17.7 Å². The number of hydrogen-bond donors (Lipinski definition) is 4. The van der Waals surface area contributed by atoms with Gasteiger partial charge in [-0.3, -0.25) is 9.79 Å². The van der Waals surface area contributed by atoms with Crippen molar-refractivity contribution >= 4 is 23.5 Å². The van der Waals surface area contributed by atoms with Crippen LogP contribution in [0.1, 0.15) is 29.3 Å². The van der Waals surface area contributed by atoms with Crippen LogP contribution in [0.15, 0.2) is 53.5 Å². The molecule has 0 atom stereocenters. The zero-order chi connectivity index (χ0) is 20.2. The number of carbonyl (C=O) groups is 1. The zero-order valence-electron chi connectivity index (χ0n) is 16.0. The second-order valence-corrected chi connectivity index (χ2v) is 6.66. The number of halogens is 1. The third kappa shape index (κ3) is 7.88. The van der Waals surface area contributed by atoms with E-state index < -0.39 is 0 Å². The number of phenolic OH excluding ortho intramolecular Hbond substituents is 1. The van der Waals surface area contributed by atoms with Crippen molar-refractivity contribution in [3.05, 3.63) is 64.7 Å². The minimum Gasteiger partial charge on any atom is -0.508 e. The van der Waals surface area contributed by atoms with E-state index >= 15 is 0 Å². The molecule has 4 N–H and O–H groups in total. The predicted octanol–water partition coefficient (Wildman–Crippen LogP) is 2.96. The van der Waals surface area contributed by atoms with Gasteiger partial charge in [-0.2, -0.15) is 0 Å². The molecule has 0 unspecified atom stereocenters. The Bertz CT molecular complexity index is 778. The lowest BCUT2D eigenvalue weighted by Crippen LogP contribution is -2.38. The quantitative estimate of drug-likeness (QED) is 0.295. The van der Waals surface area contributed by atoms with Crippen LogP contribution in [0.25, 0.3) is 0 Å². The Kier molecular flexibility index (Phi) is 9.15. The minimum absolute atomic E-state index is 0.0807. The highest BCUT2D eigenvalue weighted by Crippen LogP contribution is 2.10. The highest BCUT2D eigenvalue weighted by molar-refractivity contribution is 6.30. The first kappa shape index (κ1) is 21.6. The van der Waals surface area contributed by atoms with Crippen molar-refractivity contribution in [3.8, 4) is 5.75 Å². The maximum Gasteiger partial charge on any atom is 0.251 e. The Balaban J connectivity index is 1.69. The first-order valence-corrected chi connectivity index (χ1v) is 9.80. The van der Waals surface area contributed by atoms with Gasteiger partial charge in [-0.1, -0.05) is 29.8 Å². The minimum atomic E-state index is -0.201. The number of aliphatic imine (C=N–C) groups is 1. The summed E-state index contributed by atoms with van der Waals surface area (Å²) in [7, 11) is 0. The third-order valence-electron chi connectivity index (χ3n) is 3.96. The van der Waals surface area contributed by atoms with Gasteiger partial charge in [0.2, 0.25) is 0 Å². The molecule has 0 spiro atoms. The number of hydrogen-bond acceptors (Lipinski definition) is 3. The van der Waals surface area contributed by atoms with Crippen LogP contribution in [0.4, 0.5) is 0 Å². The molecular formula is C21H27ClN4O2. The summed E-state index contributed by atoms with van der Waals surface area (Å²) >= 11 is 5.90. The molecule has 0 bridgehead atoms. The van der Waals surface area contributed by atoms with Gasteiger partial charge in [0, 0.05) is 36.8 Å². The highest BCUT2D eigenvalue weighted by atomic mass is 35.5. The summed E-state index contributed by atoms with van der Waals surface area (Å²) < 4.78 is 0. The van der Waals surface area contributed by atoms with Gasteiger partial charge in [-0.15, -0.1) is 0 Å². The molecule has 2 rings (SSSR count). The molecule has 7 heteroatoms. The molecule has 2 aromatic carbocycles. The molecule has 0 aliphatic heterocycles. The molecule has 0 heterocycles. The highest BCUT2D eigenvalue weighted by Gasteiger charge is 2.05. The van der Waals surface area contributed by atoms with Crippen molar-refractivity contribution in [2.45, 2.75) is 19.8 Å². The van der Waals surface area contributed by atoms with Gasteiger partial charge >= 0.3 is 0 Å². The number of nitrogens with one attached hydrogen (secondary N) is 3. The second-order valence-electron chi connectivity index (χ2n) is 6.22. The lowest BCUT2D eigenvalue weighted by molar-refractivity contribution is 0.0953. The number of amides is 1. The van der Waals surface area contributed by atoms with Gasteiger partial charge in [0.1, 0.15) is 5.75 Å². The summed E-state index contributed by atoms with van der Waals surface area (Å²) in [6.07, 6.45) is 1.60. The van der Waals surface area contributed by atoms with E-state index in [0.717, 1.165) is 36.9 Å². The Hall–Kier alpha value is -2.73. The maximum absolute atomic E-state index is 12.0. The van der Waals surface area contributed by atoms with Crippen LogP contribution in [0.3, 0.4) is 0 Å². The van der Waals surface area contributed by atoms with Crippen LogP contribution in [-0.2, 0) is 6.42 Å². The van der Waals surface area contributed by atoms with Gasteiger partial charge in [0.05, 0.1) is 0 Å². The molecule has 150 valence electrons. The number of nitrogens with zero attached hydrogens (tertiary/aromatic N) is 1. The molecule has 0 saturated heterocycles. The molecule has 0 aliphatic rings. The van der Waals surface area contributed by atoms with Gasteiger partial charge < -0.3 is 21.1 Å². The van der Waals surface area contributed by atoms with Gasteiger partial charge in [0.15, 0.2) is 5.96 Å². The lowest BCUT2D eigenvalue weighted by atomic mass is 10.1. The fourth-order valence-corrected chi connectivity index (χ4v) is 2.67. The number of aromatic hydroxyl groups is 1. The van der Waals surface area contributed by atoms with Crippen LogP contribution < -0.4 is 16.0 Å². The van der Waals surface area contributed by atoms with E-state index in [1.807, 2.05) is 31.2 Å². The van der Waals surface area contributed by atoms with Crippen LogP contribution in [-0.4, -0.2) is 43.2 Å². The van der Waals surface area contributed by atoms with Crippen molar-refractivity contribution in [3.63, 3.8) is 0 Å². The van der Waals surface area contributed by atoms with E-state index in [-0.39, 0.29) is 11.7 Å². The van der Waals surface area contributed by atoms with E-state index in [1.54, 1.807) is 12.1 Å². The van der Waals surface area contributed by atoms with Gasteiger partial charge in [0.25, 0.3) is 5.91 Å². The SMILES string of the molecule is CCNC(=NCCCNC(=O)c1cccc(O)c1)NCCc1ccc(Cl)cc1. The normalized spacial score (nSPS) is 11.1. The molecule has 0 aliphatic carbocycles. The van der Waals surface area contributed by atoms with Gasteiger partial charge in [-0.25, -0.2) is 0 Å². The van der Waals surface area contributed by atoms with Crippen LogP contribution in [0.2, 0.25) is 5.02 Å².